The van der Waals surface area contributed by atoms with Crippen molar-refractivity contribution in [2.45, 2.75) is 83.0 Å². The zero-order chi connectivity index (χ0) is 28.8. The van der Waals surface area contributed by atoms with Gasteiger partial charge in [0.05, 0.1) is 6.04 Å². The Morgan fingerprint density at radius 2 is 1.45 bits per heavy atom. The SMILES string of the molecule is CC(C)CC(N)C(=O)NC(CCCN=C(N)N)C(=O)NC(CCCN=C(N)N)C(=O)N1CCCC1C(=O)O. The van der Waals surface area contributed by atoms with E-state index < -0.39 is 47.9 Å². The molecule has 4 unspecified atom stereocenters. The van der Waals surface area contributed by atoms with Gasteiger partial charge in [-0.25, -0.2) is 4.79 Å². The molecule has 38 heavy (non-hydrogen) atoms. The number of carboxylic acid groups (broad SMARTS) is 1. The molecule has 15 nitrogen and oxygen atoms in total. The zero-order valence-electron chi connectivity index (χ0n) is 22.3. The van der Waals surface area contributed by atoms with Crippen LogP contribution in [0.1, 0.15) is 58.8 Å². The highest BCUT2D eigenvalue weighted by atomic mass is 16.4. The Bertz CT molecular complexity index is 871. The summed E-state index contributed by atoms with van der Waals surface area (Å²) < 4.78 is 0. The molecule has 3 amide bonds. The monoisotopic (exact) mass is 540 g/mol. The van der Waals surface area contributed by atoms with E-state index in [1.165, 1.54) is 4.90 Å². The third-order valence-corrected chi connectivity index (χ3v) is 6.02. The van der Waals surface area contributed by atoms with Crippen LogP contribution in [0.25, 0.3) is 0 Å². The zero-order valence-corrected chi connectivity index (χ0v) is 22.3. The van der Waals surface area contributed by atoms with Gasteiger partial charge in [0.1, 0.15) is 18.1 Å². The van der Waals surface area contributed by atoms with Crippen LogP contribution in [0.2, 0.25) is 0 Å². The summed E-state index contributed by atoms with van der Waals surface area (Å²) in [5, 5.41) is 14.9. The summed E-state index contributed by atoms with van der Waals surface area (Å²) in [6.45, 7) is 4.56. The van der Waals surface area contributed by atoms with Crippen molar-refractivity contribution in [1.29, 1.82) is 0 Å². The second kappa shape index (κ2) is 16.3. The van der Waals surface area contributed by atoms with Crippen molar-refractivity contribution in [2.24, 2.45) is 44.6 Å². The van der Waals surface area contributed by atoms with Crippen molar-refractivity contribution in [2.75, 3.05) is 19.6 Å². The molecule has 15 heteroatoms. The quantitative estimate of drug-likeness (QED) is 0.0579. The molecule has 0 aliphatic carbocycles. The normalized spacial score (nSPS) is 17.3. The number of hydrogen-bond donors (Lipinski definition) is 8. The van der Waals surface area contributed by atoms with Crippen LogP contribution >= 0.6 is 0 Å². The molecule has 0 aromatic heterocycles. The Balaban J connectivity index is 3.07. The minimum Gasteiger partial charge on any atom is -0.480 e. The van der Waals surface area contributed by atoms with Gasteiger partial charge in [-0.05, 0) is 50.9 Å². The lowest BCUT2D eigenvalue weighted by atomic mass is 10.0. The Morgan fingerprint density at radius 3 is 1.95 bits per heavy atom. The van der Waals surface area contributed by atoms with E-state index in [2.05, 4.69) is 20.6 Å². The van der Waals surface area contributed by atoms with E-state index in [0.29, 0.717) is 32.1 Å². The van der Waals surface area contributed by atoms with Gasteiger partial charge >= 0.3 is 5.97 Å². The number of nitrogens with one attached hydrogen (secondary N) is 2. The molecule has 1 rings (SSSR count). The molecule has 0 radical (unpaired) electrons. The summed E-state index contributed by atoms with van der Waals surface area (Å²) >= 11 is 0. The summed E-state index contributed by atoms with van der Waals surface area (Å²) in [6, 6.07) is -3.85. The third-order valence-electron chi connectivity index (χ3n) is 6.02. The lowest BCUT2D eigenvalue weighted by Crippen LogP contribution is -2.57. The molecular formula is C23H44N10O5. The first-order valence-corrected chi connectivity index (χ1v) is 12.8. The maximum absolute atomic E-state index is 13.3. The summed E-state index contributed by atoms with van der Waals surface area (Å²) in [4.78, 5) is 60.1. The lowest BCUT2D eigenvalue weighted by molar-refractivity contribution is -0.149. The molecule has 4 atom stereocenters. The van der Waals surface area contributed by atoms with Gasteiger partial charge < -0.3 is 49.3 Å². The first-order valence-electron chi connectivity index (χ1n) is 12.8. The second-order valence-electron chi connectivity index (χ2n) is 9.78. The average molecular weight is 541 g/mol. The Kier molecular flexibility index (Phi) is 13.9. The molecule has 1 aliphatic heterocycles. The van der Waals surface area contributed by atoms with Gasteiger partial charge in [0, 0.05) is 19.6 Å². The molecule has 0 saturated carbocycles. The maximum atomic E-state index is 13.3. The number of rotatable bonds is 16. The largest absolute Gasteiger partial charge is 0.480 e. The van der Waals surface area contributed by atoms with Crippen molar-refractivity contribution in [1.82, 2.24) is 15.5 Å². The minimum atomic E-state index is -1.11. The molecule has 0 aromatic rings. The predicted molar refractivity (Wildman–Crippen MR) is 143 cm³/mol. The maximum Gasteiger partial charge on any atom is 0.326 e. The molecule has 216 valence electrons. The number of hydrogen-bond acceptors (Lipinski definition) is 7. The van der Waals surface area contributed by atoms with Crippen LogP contribution < -0.4 is 39.3 Å². The van der Waals surface area contributed by atoms with Crippen molar-refractivity contribution in [3.8, 4) is 0 Å². The molecule has 1 saturated heterocycles. The molecule has 1 fully saturated rings. The number of likely N-dealkylation sites (tertiary alicyclic amines) is 1. The van der Waals surface area contributed by atoms with Crippen LogP contribution in [0, 0.1) is 5.92 Å². The van der Waals surface area contributed by atoms with E-state index in [-0.39, 0.29) is 50.3 Å². The fourth-order valence-electron chi connectivity index (χ4n) is 4.19. The van der Waals surface area contributed by atoms with Gasteiger partial charge in [0.2, 0.25) is 17.7 Å². The molecule has 13 N–H and O–H groups in total. The highest BCUT2D eigenvalue weighted by Gasteiger charge is 2.38. The van der Waals surface area contributed by atoms with E-state index in [1.54, 1.807) is 0 Å². The van der Waals surface area contributed by atoms with E-state index in [4.69, 9.17) is 28.7 Å². The van der Waals surface area contributed by atoms with E-state index in [0.717, 1.165) is 0 Å². The topological polar surface area (TPSA) is 271 Å². The van der Waals surface area contributed by atoms with Gasteiger partial charge in [0.15, 0.2) is 11.9 Å². The van der Waals surface area contributed by atoms with Gasteiger partial charge in [-0.3, -0.25) is 24.4 Å². The lowest BCUT2D eigenvalue weighted by Gasteiger charge is -2.29. The van der Waals surface area contributed by atoms with E-state index in [9.17, 15) is 24.3 Å². The predicted octanol–water partition coefficient (Wildman–Crippen LogP) is -2.49. The van der Waals surface area contributed by atoms with E-state index >= 15 is 0 Å². The first kappa shape index (κ1) is 32.4. The summed E-state index contributed by atoms with van der Waals surface area (Å²) in [5.41, 5.74) is 27.4. The smallest absolute Gasteiger partial charge is 0.326 e. The van der Waals surface area contributed by atoms with Gasteiger partial charge in [0.25, 0.3) is 0 Å². The number of carbonyl (C=O) groups excluding carboxylic acids is 3. The fourth-order valence-corrected chi connectivity index (χ4v) is 4.19. The summed E-state index contributed by atoms with van der Waals surface area (Å²) in [7, 11) is 0. The summed E-state index contributed by atoms with van der Waals surface area (Å²) in [6.07, 6.45) is 2.34. The van der Waals surface area contributed by atoms with Crippen LogP contribution in [-0.4, -0.2) is 89.4 Å². The van der Waals surface area contributed by atoms with Crippen molar-refractivity contribution in [3.05, 3.63) is 0 Å². The number of carboxylic acids is 1. The number of nitrogens with zero attached hydrogens (tertiary/aromatic N) is 3. The Morgan fingerprint density at radius 1 is 0.921 bits per heavy atom. The standard InChI is InChI=1S/C23H44N10O5/c1-13(2)12-14(24)18(34)31-15(6-3-9-29-22(25)26)19(35)32-16(7-4-10-30-23(27)28)20(36)33-11-5-8-17(33)21(37)38/h13-17H,3-12,24H2,1-2H3,(H,31,34)(H,32,35)(H,37,38)(H4,25,26,29)(H4,27,28,30). The minimum absolute atomic E-state index is 0.0981. The molecular weight excluding hydrogens is 496 g/mol. The number of aliphatic carboxylic acids is 1. The van der Waals surface area contributed by atoms with Crippen LogP contribution in [0.5, 0.6) is 0 Å². The molecule has 0 bridgehead atoms. The van der Waals surface area contributed by atoms with Crippen molar-refractivity contribution >= 4 is 35.6 Å². The Labute approximate surface area is 223 Å². The van der Waals surface area contributed by atoms with Crippen LogP contribution in [0.3, 0.4) is 0 Å². The number of amides is 3. The van der Waals surface area contributed by atoms with Crippen LogP contribution in [0.4, 0.5) is 0 Å². The second-order valence-corrected chi connectivity index (χ2v) is 9.78. The highest BCUT2D eigenvalue weighted by Crippen LogP contribution is 2.20. The first-order chi connectivity index (χ1) is 17.8. The van der Waals surface area contributed by atoms with Gasteiger partial charge in [-0.15, -0.1) is 0 Å². The number of aliphatic imine (C=N–C) groups is 2. The number of carbonyl (C=O) groups is 4. The molecule has 1 aliphatic rings. The number of nitrogens with two attached hydrogens (primary N) is 5. The molecule has 0 aromatic carbocycles. The van der Waals surface area contributed by atoms with Crippen molar-refractivity contribution in [3.63, 3.8) is 0 Å². The van der Waals surface area contributed by atoms with Crippen molar-refractivity contribution < 1.29 is 24.3 Å². The van der Waals surface area contributed by atoms with Gasteiger partial charge in [-0.1, -0.05) is 13.8 Å². The Hall–Kier alpha value is -3.62. The van der Waals surface area contributed by atoms with Crippen LogP contribution in [-0.2, 0) is 19.2 Å². The highest BCUT2D eigenvalue weighted by molar-refractivity contribution is 5.94. The molecule has 1 heterocycles. The third kappa shape index (κ3) is 11.6. The van der Waals surface area contributed by atoms with Crippen LogP contribution in [0.15, 0.2) is 9.98 Å². The average Bonchev–Trinajstić information content (AvgIpc) is 3.31. The number of guanidine groups is 2. The van der Waals surface area contributed by atoms with Gasteiger partial charge in [-0.2, -0.15) is 0 Å². The van der Waals surface area contributed by atoms with E-state index in [1.807, 2.05) is 13.8 Å². The summed E-state index contributed by atoms with van der Waals surface area (Å²) in [5.74, 6) is -2.77. The molecule has 0 spiro atoms. The fraction of sp³-hybridized carbons (Fsp3) is 0.739.